The van der Waals surface area contributed by atoms with Gasteiger partial charge >= 0.3 is 16.5 Å². The summed E-state index contributed by atoms with van der Waals surface area (Å²) in [6.45, 7) is 4.56. The van der Waals surface area contributed by atoms with E-state index in [-0.39, 0.29) is 0 Å². The first-order valence-electron chi connectivity index (χ1n) is 8.90. The molecule has 0 aliphatic carbocycles. The van der Waals surface area contributed by atoms with E-state index in [1.165, 1.54) is 0 Å². The zero-order chi connectivity index (χ0) is 18.0. The summed E-state index contributed by atoms with van der Waals surface area (Å²) < 4.78 is 2.44. The molecule has 0 aromatic carbocycles. The van der Waals surface area contributed by atoms with Crippen LogP contribution in [0.5, 0.6) is 0 Å². The summed E-state index contributed by atoms with van der Waals surface area (Å²) in [7, 11) is 0. The summed E-state index contributed by atoms with van der Waals surface area (Å²) in [4.78, 5) is 15.8. The van der Waals surface area contributed by atoms with Gasteiger partial charge in [-0.15, -0.1) is 0 Å². The van der Waals surface area contributed by atoms with E-state index in [4.69, 9.17) is 0 Å². The van der Waals surface area contributed by atoms with Gasteiger partial charge in [-0.3, -0.25) is 19.9 Å². The average molecular weight is 361 g/mol. The van der Waals surface area contributed by atoms with Crippen LogP contribution in [0.15, 0.2) is 73.2 Å². The predicted octanol–water partition coefficient (Wildman–Crippen LogP) is 1.92. The van der Waals surface area contributed by atoms with Crippen molar-refractivity contribution in [2.75, 3.05) is 13.1 Å². The molecule has 0 radical (unpaired) electrons. The van der Waals surface area contributed by atoms with Gasteiger partial charge in [0, 0.05) is 44.8 Å². The zero-order valence-electron chi connectivity index (χ0n) is 15.2. The van der Waals surface area contributed by atoms with Crippen LogP contribution in [0.1, 0.15) is 17.1 Å². The maximum Gasteiger partial charge on any atom is 0.322 e. The van der Waals surface area contributed by atoms with E-state index in [1.54, 1.807) is 0 Å². The molecule has 3 aromatic heterocycles. The van der Waals surface area contributed by atoms with Crippen molar-refractivity contribution in [2.24, 2.45) is 0 Å². The van der Waals surface area contributed by atoms with Gasteiger partial charge in [0.1, 0.15) is 0 Å². The van der Waals surface area contributed by atoms with Gasteiger partial charge < -0.3 is 3.88 Å². The molecular formula is C20H24AlN5. The Morgan fingerprint density at radius 3 is 1.50 bits per heavy atom. The van der Waals surface area contributed by atoms with Gasteiger partial charge in [-0.1, -0.05) is 18.2 Å². The second-order valence-corrected chi connectivity index (χ2v) is 7.68. The summed E-state index contributed by atoms with van der Waals surface area (Å²) in [6.07, 6.45) is 5.57. The Morgan fingerprint density at radius 2 is 1.08 bits per heavy atom. The van der Waals surface area contributed by atoms with Gasteiger partial charge in [-0.05, 0) is 42.9 Å². The topological polar surface area (TPSA) is 45.2 Å². The third kappa shape index (κ3) is 6.32. The van der Waals surface area contributed by atoms with Gasteiger partial charge in [-0.2, -0.15) is 0 Å². The minimum Gasteiger partial charge on any atom is -0.385 e. The Bertz CT molecular complexity index is 713. The minimum atomic E-state index is 0.830. The molecule has 0 unspecified atom stereocenters. The number of pyridine rings is 3. The maximum absolute atomic E-state index is 4.48. The fourth-order valence-corrected chi connectivity index (χ4v) is 3.34. The Kier molecular flexibility index (Phi) is 7.29. The van der Waals surface area contributed by atoms with E-state index in [1.807, 2.05) is 55.0 Å². The Labute approximate surface area is 163 Å². The lowest BCUT2D eigenvalue weighted by Crippen LogP contribution is -2.33. The first kappa shape index (κ1) is 18.7. The van der Waals surface area contributed by atoms with E-state index in [9.17, 15) is 0 Å². The smallest absolute Gasteiger partial charge is 0.322 e. The van der Waals surface area contributed by atoms with E-state index >= 15 is 0 Å². The van der Waals surface area contributed by atoms with E-state index in [2.05, 4.69) is 41.9 Å². The summed E-state index contributed by atoms with van der Waals surface area (Å²) in [5, 5.41) is 0. The number of hydrogen-bond donors (Lipinski definition) is 0. The van der Waals surface area contributed by atoms with Gasteiger partial charge in [0.2, 0.25) is 0 Å². The molecule has 0 spiro atoms. The SMILES string of the molecule is [AlH2][N](CCN(Cc1ccccn1)Cc1ccccn1)Cc1ccccn1. The highest BCUT2D eigenvalue weighted by atomic mass is 27.1. The normalized spacial score (nSPS) is 11.2. The van der Waals surface area contributed by atoms with Gasteiger partial charge in [0.05, 0.1) is 17.1 Å². The standard InChI is InChI=1S/C20H22N5.Al.2H/c1-4-10-22-18(7-1)15-21-13-14-25(16-19-8-2-5-11-23-19)17-20-9-3-6-12-24-20;;;/h1-12H,13-17H2;;;/q-1;+1;;. The highest BCUT2D eigenvalue weighted by Gasteiger charge is 2.10. The lowest BCUT2D eigenvalue weighted by Gasteiger charge is -2.25. The molecule has 6 heteroatoms. The third-order valence-electron chi connectivity index (χ3n) is 4.18. The van der Waals surface area contributed by atoms with E-state index < -0.39 is 0 Å². The molecule has 3 heterocycles. The molecule has 26 heavy (non-hydrogen) atoms. The van der Waals surface area contributed by atoms with Crippen LogP contribution in [0.3, 0.4) is 0 Å². The van der Waals surface area contributed by atoms with E-state index in [0.29, 0.717) is 0 Å². The first-order valence-corrected chi connectivity index (χ1v) is 9.79. The Hall–Kier alpha value is -2.10. The molecule has 132 valence electrons. The van der Waals surface area contributed by atoms with Crippen LogP contribution in [0.25, 0.3) is 0 Å². The average Bonchev–Trinajstić information content (AvgIpc) is 2.68. The van der Waals surface area contributed by atoms with E-state index in [0.717, 1.165) is 66.3 Å². The van der Waals surface area contributed by atoms with Crippen molar-refractivity contribution >= 4 is 16.5 Å². The number of hydrogen-bond acceptors (Lipinski definition) is 5. The molecule has 0 bridgehead atoms. The third-order valence-corrected chi connectivity index (χ3v) is 4.94. The monoisotopic (exact) mass is 361 g/mol. The number of nitrogens with zero attached hydrogens (tertiary/aromatic N) is 5. The Balaban J connectivity index is 1.59. The molecule has 5 nitrogen and oxygen atoms in total. The predicted molar refractivity (Wildman–Crippen MR) is 106 cm³/mol. The molecule has 0 saturated heterocycles. The van der Waals surface area contributed by atoms with Crippen LogP contribution < -0.4 is 0 Å². The molecule has 0 aliphatic rings. The van der Waals surface area contributed by atoms with Crippen LogP contribution in [-0.2, 0) is 19.6 Å². The highest BCUT2D eigenvalue weighted by Crippen LogP contribution is 2.07. The quantitative estimate of drug-likeness (QED) is 0.545. The zero-order valence-corrected chi connectivity index (χ0v) is 17.2. The van der Waals surface area contributed by atoms with Crippen molar-refractivity contribution < 1.29 is 0 Å². The molecule has 0 amide bonds. The van der Waals surface area contributed by atoms with Gasteiger partial charge in [0.15, 0.2) is 0 Å². The van der Waals surface area contributed by atoms with Crippen molar-refractivity contribution in [2.45, 2.75) is 19.6 Å². The van der Waals surface area contributed by atoms with Crippen LogP contribution in [0.2, 0.25) is 0 Å². The van der Waals surface area contributed by atoms with Crippen LogP contribution in [0.4, 0.5) is 0 Å². The molecule has 0 atom stereocenters. The fraction of sp³-hybridized carbons (Fsp3) is 0.250. The van der Waals surface area contributed by atoms with Crippen LogP contribution in [-0.4, -0.2) is 53.3 Å². The van der Waals surface area contributed by atoms with Gasteiger partial charge in [0.25, 0.3) is 0 Å². The first-order chi connectivity index (χ1) is 12.8. The largest absolute Gasteiger partial charge is 0.385 e. The maximum atomic E-state index is 4.48. The van der Waals surface area contributed by atoms with Crippen LogP contribution in [0, 0.1) is 0 Å². The second kappa shape index (κ2) is 10.1. The molecule has 0 saturated carbocycles. The van der Waals surface area contributed by atoms with Crippen molar-refractivity contribution in [3.8, 4) is 0 Å². The molecule has 0 fully saturated rings. The highest BCUT2D eigenvalue weighted by molar-refractivity contribution is 6.04. The molecule has 0 aliphatic heterocycles. The lowest BCUT2D eigenvalue weighted by atomic mass is 10.3. The summed E-state index contributed by atoms with van der Waals surface area (Å²) >= 11 is 1.01. The second-order valence-electron chi connectivity index (χ2n) is 6.41. The van der Waals surface area contributed by atoms with Crippen molar-refractivity contribution in [3.05, 3.63) is 90.3 Å². The summed E-state index contributed by atoms with van der Waals surface area (Å²) in [5.41, 5.74) is 3.31. The number of aromatic nitrogens is 3. The molecule has 3 aromatic rings. The minimum absolute atomic E-state index is 0.830. The van der Waals surface area contributed by atoms with Crippen molar-refractivity contribution in [1.29, 1.82) is 0 Å². The molecule has 0 N–H and O–H groups in total. The summed E-state index contributed by atoms with van der Waals surface area (Å²) in [6, 6.07) is 18.3. The lowest BCUT2D eigenvalue weighted by molar-refractivity contribution is 0.229. The molecular weight excluding hydrogens is 337 g/mol. The molecule has 3 rings (SSSR count). The van der Waals surface area contributed by atoms with Crippen LogP contribution >= 0.6 is 0 Å². The van der Waals surface area contributed by atoms with Crippen molar-refractivity contribution in [3.63, 3.8) is 0 Å². The fourth-order valence-electron chi connectivity index (χ4n) is 2.81. The summed E-state index contributed by atoms with van der Waals surface area (Å²) in [5.74, 6) is 0. The van der Waals surface area contributed by atoms with Gasteiger partial charge in [-0.25, -0.2) is 0 Å². The van der Waals surface area contributed by atoms with Crippen molar-refractivity contribution in [1.82, 2.24) is 23.7 Å². The number of rotatable bonds is 9. The Morgan fingerprint density at radius 1 is 0.615 bits per heavy atom.